The number of pyridine rings is 1. The summed E-state index contributed by atoms with van der Waals surface area (Å²) < 4.78 is 38.5. The minimum atomic E-state index is -4.36. The van der Waals surface area contributed by atoms with Gasteiger partial charge in [-0.3, -0.25) is 4.79 Å². The Morgan fingerprint density at radius 3 is 2.68 bits per heavy atom. The maximum atomic E-state index is 12.8. The molecule has 0 N–H and O–H groups in total. The van der Waals surface area contributed by atoms with Crippen LogP contribution in [0.3, 0.4) is 0 Å². The van der Waals surface area contributed by atoms with Crippen LogP contribution in [-0.4, -0.2) is 28.9 Å². The molecule has 0 spiro atoms. The predicted octanol–water partition coefficient (Wildman–Crippen LogP) is 5.65. The van der Waals surface area contributed by atoms with E-state index >= 15 is 0 Å². The normalized spacial score (nSPS) is 16.8. The van der Waals surface area contributed by atoms with E-state index in [4.69, 9.17) is 0 Å². The van der Waals surface area contributed by atoms with Gasteiger partial charge < -0.3 is 4.90 Å². The maximum absolute atomic E-state index is 12.8. The number of piperidine rings is 1. The first-order valence-corrected chi connectivity index (χ1v) is 10.2. The van der Waals surface area contributed by atoms with Gasteiger partial charge in [-0.05, 0) is 48.6 Å². The molecule has 1 aliphatic rings. The molecule has 7 heteroatoms. The number of halogens is 3. The molecule has 0 unspecified atom stereocenters. The summed E-state index contributed by atoms with van der Waals surface area (Å²) >= 11 is 1.27. The SMILES string of the molecule is CC1(C)CCCN(C(=O)c2cccc(CSc3cccc(C(F)(F)F)c3)n2)C1. The predicted molar refractivity (Wildman–Crippen MR) is 104 cm³/mol. The molecule has 0 aliphatic carbocycles. The van der Waals surface area contributed by atoms with Gasteiger partial charge >= 0.3 is 6.18 Å². The number of rotatable bonds is 4. The number of alkyl halides is 3. The zero-order valence-electron chi connectivity index (χ0n) is 15.9. The van der Waals surface area contributed by atoms with E-state index in [2.05, 4.69) is 18.8 Å². The fourth-order valence-corrected chi connectivity index (χ4v) is 4.22. The van der Waals surface area contributed by atoms with Crippen LogP contribution in [0, 0.1) is 5.41 Å². The van der Waals surface area contributed by atoms with Crippen molar-refractivity contribution in [1.82, 2.24) is 9.88 Å². The molecule has 2 aromatic rings. The van der Waals surface area contributed by atoms with E-state index in [-0.39, 0.29) is 11.3 Å². The number of thioether (sulfide) groups is 1. The standard InChI is InChI=1S/C21H23F3N2OS/c1-20(2)10-5-11-26(14-20)19(27)18-9-4-7-16(25-18)13-28-17-8-3-6-15(12-17)21(22,23)24/h3-4,6-9,12H,5,10-11,13-14H2,1-2H3. The second-order valence-electron chi connectivity index (χ2n) is 7.82. The van der Waals surface area contributed by atoms with E-state index in [0.29, 0.717) is 28.6 Å². The Hall–Kier alpha value is -2.02. The molecule has 1 aromatic carbocycles. The third-order valence-electron chi connectivity index (χ3n) is 4.76. The monoisotopic (exact) mass is 408 g/mol. The highest BCUT2D eigenvalue weighted by Gasteiger charge is 2.31. The molecule has 0 atom stereocenters. The van der Waals surface area contributed by atoms with Gasteiger partial charge in [-0.15, -0.1) is 11.8 Å². The smallest absolute Gasteiger partial charge is 0.337 e. The van der Waals surface area contributed by atoms with E-state index in [1.807, 2.05) is 4.90 Å². The summed E-state index contributed by atoms with van der Waals surface area (Å²) in [6.45, 7) is 5.74. The molecule has 28 heavy (non-hydrogen) atoms. The second kappa shape index (κ2) is 8.15. The zero-order valence-corrected chi connectivity index (χ0v) is 16.7. The molecule has 0 radical (unpaired) electrons. The number of hydrogen-bond acceptors (Lipinski definition) is 3. The van der Waals surface area contributed by atoms with E-state index < -0.39 is 11.7 Å². The Balaban J connectivity index is 1.68. The van der Waals surface area contributed by atoms with Crippen molar-refractivity contribution in [3.05, 3.63) is 59.4 Å². The van der Waals surface area contributed by atoms with E-state index in [1.165, 1.54) is 17.8 Å². The average molecular weight is 408 g/mol. The van der Waals surface area contributed by atoms with Crippen molar-refractivity contribution in [2.45, 2.75) is 43.5 Å². The summed E-state index contributed by atoms with van der Waals surface area (Å²) in [5.41, 5.74) is 0.497. The van der Waals surface area contributed by atoms with Gasteiger partial charge in [-0.25, -0.2) is 4.98 Å². The van der Waals surface area contributed by atoms with Gasteiger partial charge in [0.15, 0.2) is 0 Å². The van der Waals surface area contributed by atoms with Crippen LogP contribution in [0.1, 0.15) is 48.4 Å². The number of likely N-dealkylation sites (tertiary alicyclic amines) is 1. The quantitative estimate of drug-likeness (QED) is 0.613. The number of hydrogen-bond donors (Lipinski definition) is 0. The first-order valence-electron chi connectivity index (χ1n) is 9.19. The van der Waals surface area contributed by atoms with Crippen molar-refractivity contribution < 1.29 is 18.0 Å². The lowest BCUT2D eigenvalue weighted by atomic mass is 9.84. The molecule has 2 heterocycles. The highest BCUT2D eigenvalue weighted by atomic mass is 32.2. The van der Waals surface area contributed by atoms with Gasteiger partial charge in [0.2, 0.25) is 0 Å². The van der Waals surface area contributed by atoms with Crippen LogP contribution < -0.4 is 0 Å². The van der Waals surface area contributed by atoms with Crippen LogP contribution in [0.15, 0.2) is 47.4 Å². The van der Waals surface area contributed by atoms with Crippen LogP contribution in [0.2, 0.25) is 0 Å². The third kappa shape index (κ3) is 5.28. The van der Waals surface area contributed by atoms with Crippen molar-refractivity contribution in [3.63, 3.8) is 0 Å². The molecular formula is C21H23F3N2OS. The first kappa shape index (κ1) is 20.7. The van der Waals surface area contributed by atoms with Crippen molar-refractivity contribution in [3.8, 4) is 0 Å². The van der Waals surface area contributed by atoms with Crippen LogP contribution in [0.5, 0.6) is 0 Å². The maximum Gasteiger partial charge on any atom is 0.416 e. The van der Waals surface area contributed by atoms with Crippen LogP contribution in [0.25, 0.3) is 0 Å². The lowest BCUT2D eigenvalue weighted by Crippen LogP contribution is -2.43. The Bertz CT molecular complexity index is 852. The van der Waals surface area contributed by atoms with Crippen LogP contribution in [0.4, 0.5) is 13.2 Å². The largest absolute Gasteiger partial charge is 0.416 e. The number of aromatic nitrogens is 1. The summed E-state index contributed by atoms with van der Waals surface area (Å²) in [6, 6.07) is 10.5. The lowest BCUT2D eigenvalue weighted by Gasteiger charge is -2.37. The minimum absolute atomic E-state index is 0.0845. The Morgan fingerprint density at radius 2 is 1.96 bits per heavy atom. The van der Waals surface area contributed by atoms with Crippen molar-refractivity contribution in [2.75, 3.05) is 13.1 Å². The van der Waals surface area contributed by atoms with Crippen molar-refractivity contribution in [1.29, 1.82) is 0 Å². The molecule has 1 aromatic heterocycles. The first-order chi connectivity index (χ1) is 13.1. The number of nitrogens with zero attached hydrogens (tertiary/aromatic N) is 2. The molecule has 3 rings (SSSR count). The van der Waals surface area contributed by atoms with Gasteiger partial charge in [0.1, 0.15) is 5.69 Å². The summed E-state index contributed by atoms with van der Waals surface area (Å²) in [7, 11) is 0. The van der Waals surface area contributed by atoms with Gasteiger partial charge in [-0.1, -0.05) is 26.0 Å². The molecule has 150 valence electrons. The minimum Gasteiger partial charge on any atom is -0.337 e. The Morgan fingerprint density at radius 1 is 1.21 bits per heavy atom. The van der Waals surface area contributed by atoms with Crippen molar-refractivity contribution in [2.24, 2.45) is 5.41 Å². The topological polar surface area (TPSA) is 33.2 Å². The number of carbonyl (C=O) groups is 1. The van der Waals surface area contributed by atoms with Crippen LogP contribution >= 0.6 is 11.8 Å². The summed E-state index contributed by atoms with van der Waals surface area (Å²) in [5, 5.41) is 0. The van der Waals surface area contributed by atoms with Crippen LogP contribution in [-0.2, 0) is 11.9 Å². The summed E-state index contributed by atoms with van der Waals surface area (Å²) in [6.07, 6.45) is -2.29. The Labute approximate surface area is 167 Å². The van der Waals surface area contributed by atoms with E-state index in [1.54, 1.807) is 24.3 Å². The van der Waals surface area contributed by atoms with Gasteiger partial charge in [0.25, 0.3) is 5.91 Å². The molecule has 0 bridgehead atoms. The summed E-state index contributed by atoms with van der Waals surface area (Å²) in [5.74, 6) is 0.312. The molecular weight excluding hydrogens is 385 g/mol. The number of amides is 1. The number of benzene rings is 1. The second-order valence-corrected chi connectivity index (χ2v) is 8.87. The molecule has 0 saturated carbocycles. The number of carbonyl (C=O) groups excluding carboxylic acids is 1. The fraction of sp³-hybridized carbons (Fsp3) is 0.429. The van der Waals surface area contributed by atoms with E-state index in [9.17, 15) is 18.0 Å². The van der Waals surface area contributed by atoms with Gasteiger partial charge in [0, 0.05) is 23.7 Å². The highest BCUT2D eigenvalue weighted by Crippen LogP contribution is 2.33. The summed E-state index contributed by atoms with van der Waals surface area (Å²) in [4.78, 5) is 19.6. The van der Waals surface area contributed by atoms with E-state index in [0.717, 1.165) is 31.5 Å². The zero-order chi connectivity index (χ0) is 20.4. The molecule has 1 fully saturated rings. The third-order valence-corrected chi connectivity index (χ3v) is 5.79. The fourth-order valence-electron chi connectivity index (χ4n) is 3.36. The molecule has 1 aliphatic heterocycles. The lowest BCUT2D eigenvalue weighted by molar-refractivity contribution is -0.137. The molecule has 1 saturated heterocycles. The highest BCUT2D eigenvalue weighted by molar-refractivity contribution is 7.98. The van der Waals surface area contributed by atoms with Crippen molar-refractivity contribution >= 4 is 17.7 Å². The van der Waals surface area contributed by atoms with Gasteiger partial charge in [-0.2, -0.15) is 13.2 Å². The molecule has 1 amide bonds. The average Bonchev–Trinajstić information content (AvgIpc) is 2.65. The molecule has 3 nitrogen and oxygen atoms in total. The Kier molecular flexibility index (Phi) is 6.03. The van der Waals surface area contributed by atoms with Gasteiger partial charge in [0.05, 0.1) is 11.3 Å².